The maximum absolute atomic E-state index is 10.2. The van der Waals surface area contributed by atoms with Crippen molar-refractivity contribution in [2.75, 3.05) is 20.3 Å². The number of aliphatic hydroxyl groups is 7. The first-order chi connectivity index (χ1) is 11.3. The van der Waals surface area contributed by atoms with E-state index in [1.165, 1.54) is 7.11 Å². The summed E-state index contributed by atoms with van der Waals surface area (Å²) < 4.78 is 20.6. The highest BCUT2D eigenvalue weighted by Crippen LogP contribution is 2.28. The molecule has 0 unspecified atom stereocenters. The molecule has 2 aliphatic heterocycles. The fraction of sp³-hybridized carbons (Fsp3) is 1.00. The Morgan fingerprint density at radius 2 is 1.21 bits per heavy atom. The second-order valence-electron chi connectivity index (χ2n) is 5.74. The molecule has 0 amide bonds. The molecule has 2 fully saturated rings. The molecular formula is C13H24O11. The molecule has 0 aliphatic carbocycles. The Kier molecular flexibility index (Phi) is 6.87. The molecule has 24 heavy (non-hydrogen) atoms. The van der Waals surface area contributed by atoms with Gasteiger partial charge in [0.2, 0.25) is 0 Å². The minimum absolute atomic E-state index is 0.581. The van der Waals surface area contributed by atoms with Gasteiger partial charge in [-0.1, -0.05) is 0 Å². The third-order valence-corrected chi connectivity index (χ3v) is 4.21. The van der Waals surface area contributed by atoms with Gasteiger partial charge in [0.25, 0.3) is 0 Å². The molecule has 10 atom stereocenters. The summed E-state index contributed by atoms with van der Waals surface area (Å²) >= 11 is 0. The summed E-state index contributed by atoms with van der Waals surface area (Å²) in [6.07, 6.45) is -14.1. The molecule has 0 bridgehead atoms. The summed E-state index contributed by atoms with van der Waals surface area (Å²) in [7, 11) is 1.24. The van der Waals surface area contributed by atoms with Crippen molar-refractivity contribution in [3.63, 3.8) is 0 Å². The Labute approximate surface area is 137 Å². The maximum Gasteiger partial charge on any atom is 0.189 e. The summed E-state index contributed by atoms with van der Waals surface area (Å²) in [4.78, 5) is 0. The second-order valence-corrected chi connectivity index (χ2v) is 5.74. The molecule has 0 aromatic rings. The molecular weight excluding hydrogens is 332 g/mol. The van der Waals surface area contributed by atoms with Crippen LogP contribution in [0.2, 0.25) is 0 Å². The van der Waals surface area contributed by atoms with Crippen molar-refractivity contribution in [1.82, 2.24) is 0 Å². The predicted octanol–water partition coefficient (Wildman–Crippen LogP) is -4.74. The van der Waals surface area contributed by atoms with Gasteiger partial charge in [0.1, 0.15) is 48.8 Å². The highest BCUT2D eigenvalue weighted by Gasteiger charge is 2.50. The van der Waals surface area contributed by atoms with Gasteiger partial charge in [0.15, 0.2) is 12.6 Å². The van der Waals surface area contributed by atoms with Crippen molar-refractivity contribution in [3.8, 4) is 0 Å². The Hall–Kier alpha value is -0.440. The molecule has 142 valence electrons. The molecule has 0 saturated carbocycles. The van der Waals surface area contributed by atoms with Gasteiger partial charge in [-0.15, -0.1) is 0 Å². The lowest BCUT2D eigenvalue weighted by Gasteiger charge is -2.45. The number of hydrogen-bond acceptors (Lipinski definition) is 11. The van der Waals surface area contributed by atoms with Crippen LogP contribution in [0.4, 0.5) is 0 Å². The average molecular weight is 356 g/mol. The van der Waals surface area contributed by atoms with Crippen LogP contribution in [0.3, 0.4) is 0 Å². The third-order valence-electron chi connectivity index (χ3n) is 4.21. The van der Waals surface area contributed by atoms with Gasteiger partial charge in [0, 0.05) is 7.11 Å². The van der Waals surface area contributed by atoms with Crippen molar-refractivity contribution in [1.29, 1.82) is 0 Å². The summed E-state index contributed by atoms with van der Waals surface area (Å²) in [6.45, 7) is -1.22. The lowest BCUT2D eigenvalue weighted by molar-refractivity contribution is -0.377. The lowest BCUT2D eigenvalue weighted by atomic mass is 9.98. The Bertz CT molecular complexity index is 394. The van der Waals surface area contributed by atoms with Gasteiger partial charge in [-0.3, -0.25) is 0 Å². The fourth-order valence-corrected chi connectivity index (χ4v) is 2.76. The van der Waals surface area contributed by atoms with E-state index in [0.29, 0.717) is 0 Å². The second kappa shape index (κ2) is 8.29. The van der Waals surface area contributed by atoms with Crippen molar-refractivity contribution >= 4 is 0 Å². The number of rotatable bonds is 5. The molecule has 11 nitrogen and oxygen atoms in total. The van der Waals surface area contributed by atoms with Crippen molar-refractivity contribution in [2.45, 2.75) is 61.4 Å². The zero-order valence-electron chi connectivity index (χ0n) is 13.0. The van der Waals surface area contributed by atoms with Crippen molar-refractivity contribution in [2.24, 2.45) is 0 Å². The standard InChI is InChI=1S/C13H24O11/c1-21-11-7(17)5(3-15)23-13(10(11)20)24-12-9(19)8(18)6(16)4(2-14)22-12/h4-20H,2-3H2,1H3/t4-,5-,6-,7-,8+,9-,10-,11+,12-,13-/m1/s1. The van der Waals surface area contributed by atoms with E-state index in [1.807, 2.05) is 0 Å². The van der Waals surface area contributed by atoms with Crippen LogP contribution >= 0.6 is 0 Å². The van der Waals surface area contributed by atoms with Crippen LogP contribution in [-0.4, -0.2) is 117 Å². The van der Waals surface area contributed by atoms with Crippen molar-refractivity contribution in [3.05, 3.63) is 0 Å². The monoisotopic (exact) mass is 356 g/mol. The lowest BCUT2D eigenvalue weighted by Crippen LogP contribution is -2.64. The first kappa shape index (κ1) is 19.9. The van der Waals surface area contributed by atoms with Crippen LogP contribution in [0.5, 0.6) is 0 Å². The van der Waals surface area contributed by atoms with Gasteiger partial charge >= 0.3 is 0 Å². The fourth-order valence-electron chi connectivity index (χ4n) is 2.76. The van der Waals surface area contributed by atoms with Crippen molar-refractivity contribution < 1.29 is 54.7 Å². The van der Waals surface area contributed by atoms with E-state index in [-0.39, 0.29) is 0 Å². The molecule has 0 radical (unpaired) electrons. The van der Waals surface area contributed by atoms with Gasteiger partial charge in [-0.05, 0) is 0 Å². The van der Waals surface area contributed by atoms with E-state index in [4.69, 9.17) is 24.1 Å². The van der Waals surface area contributed by atoms with Crippen LogP contribution in [0.25, 0.3) is 0 Å². The van der Waals surface area contributed by atoms with Gasteiger partial charge in [0.05, 0.1) is 13.2 Å². The number of methoxy groups -OCH3 is 1. The van der Waals surface area contributed by atoms with Gasteiger partial charge in [-0.2, -0.15) is 0 Å². The quantitative estimate of drug-likeness (QED) is 0.251. The Morgan fingerprint density at radius 3 is 1.71 bits per heavy atom. The molecule has 0 aromatic carbocycles. The summed E-state index contributed by atoms with van der Waals surface area (Å²) in [5, 5.41) is 67.8. The number of ether oxygens (including phenoxy) is 4. The molecule has 11 heteroatoms. The summed E-state index contributed by atoms with van der Waals surface area (Å²) in [5.41, 5.74) is 0. The van der Waals surface area contributed by atoms with Crippen LogP contribution < -0.4 is 0 Å². The topological polar surface area (TPSA) is 179 Å². The van der Waals surface area contributed by atoms with Gasteiger partial charge in [-0.25, -0.2) is 0 Å². The molecule has 2 heterocycles. The molecule has 7 N–H and O–H groups in total. The third kappa shape index (κ3) is 3.71. The smallest absolute Gasteiger partial charge is 0.189 e. The van der Waals surface area contributed by atoms with E-state index >= 15 is 0 Å². The molecule has 0 spiro atoms. The average Bonchev–Trinajstić information content (AvgIpc) is 2.58. The Balaban J connectivity index is 2.10. The maximum atomic E-state index is 10.2. The minimum Gasteiger partial charge on any atom is -0.394 e. The number of aliphatic hydroxyl groups excluding tert-OH is 7. The SMILES string of the molecule is CO[C@@H]1[C@@H](O)[C@@H](O[C@H]2O[C@H](CO)[C@@H](O)[C@H](O)[C@H]2O)O[C@H](CO)[C@H]1O. The van der Waals surface area contributed by atoms with E-state index in [2.05, 4.69) is 0 Å². The van der Waals surface area contributed by atoms with Gasteiger partial charge < -0.3 is 54.7 Å². The van der Waals surface area contributed by atoms with E-state index in [0.717, 1.165) is 0 Å². The molecule has 0 aromatic heterocycles. The minimum atomic E-state index is -1.68. The van der Waals surface area contributed by atoms with E-state index in [9.17, 15) is 30.6 Å². The van der Waals surface area contributed by atoms with E-state index in [1.54, 1.807) is 0 Å². The van der Waals surface area contributed by atoms with E-state index < -0.39 is 74.6 Å². The first-order valence-electron chi connectivity index (χ1n) is 7.46. The molecule has 2 saturated heterocycles. The highest BCUT2D eigenvalue weighted by molar-refractivity contribution is 4.92. The zero-order valence-corrected chi connectivity index (χ0v) is 13.0. The number of hydrogen-bond donors (Lipinski definition) is 7. The van der Waals surface area contributed by atoms with Crippen LogP contribution in [-0.2, 0) is 18.9 Å². The molecule has 2 aliphatic rings. The zero-order chi connectivity index (χ0) is 18.0. The molecule has 2 rings (SSSR count). The van der Waals surface area contributed by atoms with Crippen LogP contribution in [0.15, 0.2) is 0 Å². The Morgan fingerprint density at radius 1 is 0.708 bits per heavy atom. The highest BCUT2D eigenvalue weighted by atomic mass is 16.8. The largest absolute Gasteiger partial charge is 0.394 e. The van der Waals surface area contributed by atoms with Crippen LogP contribution in [0.1, 0.15) is 0 Å². The summed E-state index contributed by atoms with van der Waals surface area (Å²) in [5.74, 6) is 0. The first-order valence-corrected chi connectivity index (χ1v) is 7.46. The van der Waals surface area contributed by atoms with Crippen LogP contribution in [0, 0.1) is 0 Å². The predicted molar refractivity (Wildman–Crippen MR) is 73.4 cm³/mol. The normalized spacial score (nSPS) is 50.0. The summed E-state index contributed by atoms with van der Waals surface area (Å²) in [6, 6.07) is 0.